The maximum Gasteiger partial charge on any atom is 0.340 e. The number of rotatable bonds is 8. The smallest absolute Gasteiger partial charge is 0.340 e. The molecule has 0 saturated carbocycles. The molecule has 1 aromatic rings. The lowest BCUT2D eigenvalue weighted by Crippen LogP contribution is -2.36. The highest BCUT2D eigenvalue weighted by atomic mass is 16.5. The Morgan fingerprint density at radius 1 is 1.23 bits per heavy atom. The van der Waals surface area contributed by atoms with E-state index in [4.69, 9.17) is 9.47 Å². The van der Waals surface area contributed by atoms with E-state index in [9.17, 15) is 9.59 Å². The van der Waals surface area contributed by atoms with Crippen molar-refractivity contribution in [2.24, 2.45) is 5.92 Å². The highest BCUT2D eigenvalue weighted by Crippen LogP contribution is 2.08. The van der Waals surface area contributed by atoms with Crippen molar-refractivity contribution in [3.05, 3.63) is 23.9 Å². The number of methoxy groups -OCH3 is 1. The van der Waals surface area contributed by atoms with Crippen LogP contribution in [0.1, 0.15) is 44.0 Å². The Morgan fingerprint density at radius 3 is 2.50 bits per heavy atom. The molecule has 22 heavy (non-hydrogen) atoms. The zero-order valence-corrected chi connectivity index (χ0v) is 13.6. The second kappa shape index (κ2) is 9.02. The zero-order chi connectivity index (χ0) is 16.5. The van der Waals surface area contributed by atoms with Crippen LogP contribution in [0.15, 0.2) is 18.3 Å². The summed E-state index contributed by atoms with van der Waals surface area (Å²) >= 11 is 0. The molecule has 0 aromatic carbocycles. The van der Waals surface area contributed by atoms with E-state index in [2.05, 4.69) is 24.1 Å². The minimum atomic E-state index is -0.583. The Morgan fingerprint density at radius 2 is 1.95 bits per heavy atom. The predicted octanol–water partition coefficient (Wildman–Crippen LogP) is 2.19. The minimum absolute atomic E-state index is 0.0660. The molecule has 0 aliphatic heterocycles. The number of nitrogens with one attached hydrogen (secondary N) is 1. The van der Waals surface area contributed by atoms with E-state index in [1.807, 2.05) is 6.92 Å². The van der Waals surface area contributed by atoms with E-state index in [1.165, 1.54) is 19.4 Å². The summed E-state index contributed by atoms with van der Waals surface area (Å²) < 4.78 is 9.86. The maximum absolute atomic E-state index is 11.8. The molecule has 122 valence electrons. The van der Waals surface area contributed by atoms with Gasteiger partial charge in [0.05, 0.1) is 12.7 Å². The average Bonchev–Trinajstić information content (AvgIpc) is 2.50. The lowest BCUT2D eigenvalue weighted by atomic mass is 10.0. The number of carbonyl (C=O) groups excluding carboxylic acids is 2. The number of amides is 1. The first-order chi connectivity index (χ1) is 10.4. The first-order valence-corrected chi connectivity index (χ1v) is 7.39. The molecule has 1 unspecified atom stereocenters. The number of hydrogen-bond donors (Lipinski definition) is 1. The summed E-state index contributed by atoms with van der Waals surface area (Å²) in [5, 5.41) is 2.81. The van der Waals surface area contributed by atoms with Crippen molar-refractivity contribution in [1.29, 1.82) is 0 Å². The van der Waals surface area contributed by atoms with Crippen LogP contribution in [0.4, 0.5) is 0 Å². The minimum Gasteiger partial charge on any atom is -0.481 e. The first kappa shape index (κ1) is 17.9. The van der Waals surface area contributed by atoms with Gasteiger partial charge in [0, 0.05) is 18.3 Å². The third kappa shape index (κ3) is 6.56. The Kier molecular flexibility index (Phi) is 7.36. The highest BCUT2D eigenvalue weighted by Gasteiger charge is 2.13. The number of hydrogen-bond acceptors (Lipinski definition) is 5. The summed E-state index contributed by atoms with van der Waals surface area (Å²) in [5.74, 6) is 0.124. The van der Waals surface area contributed by atoms with E-state index in [0.29, 0.717) is 11.8 Å². The van der Waals surface area contributed by atoms with Gasteiger partial charge in [0.15, 0.2) is 6.61 Å². The van der Waals surface area contributed by atoms with Crippen molar-refractivity contribution in [1.82, 2.24) is 10.3 Å². The molecular formula is C16H24N2O4. The average molecular weight is 308 g/mol. The van der Waals surface area contributed by atoms with E-state index < -0.39 is 5.97 Å². The molecule has 0 spiro atoms. The van der Waals surface area contributed by atoms with Gasteiger partial charge >= 0.3 is 5.97 Å². The van der Waals surface area contributed by atoms with Crippen molar-refractivity contribution < 1.29 is 19.1 Å². The number of pyridine rings is 1. The Labute approximate surface area is 131 Å². The Hall–Kier alpha value is -2.11. The maximum atomic E-state index is 11.8. The van der Waals surface area contributed by atoms with Crippen LogP contribution in [-0.4, -0.2) is 36.6 Å². The molecule has 1 aromatic heterocycles. The largest absolute Gasteiger partial charge is 0.481 e. The van der Waals surface area contributed by atoms with Gasteiger partial charge in [-0.15, -0.1) is 0 Å². The third-order valence-corrected chi connectivity index (χ3v) is 3.10. The molecular weight excluding hydrogens is 284 g/mol. The van der Waals surface area contributed by atoms with Gasteiger partial charge in [0.1, 0.15) is 0 Å². The summed E-state index contributed by atoms with van der Waals surface area (Å²) in [6.45, 7) is 5.92. The fourth-order valence-electron chi connectivity index (χ4n) is 1.81. The summed E-state index contributed by atoms with van der Waals surface area (Å²) in [6.07, 6.45) is 3.29. The summed E-state index contributed by atoms with van der Waals surface area (Å²) in [5.41, 5.74) is 0.279. The van der Waals surface area contributed by atoms with Crippen LogP contribution in [0.2, 0.25) is 0 Å². The molecule has 0 aliphatic rings. The second-order valence-corrected chi connectivity index (χ2v) is 5.61. The quantitative estimate of drug-likeness (QED) is 0.745. The standard InChI is InChI=1S/C16H24N2O4/c1-11(2)5-6-12(3)18-14(19)10-22-16(20)13-7-8-15(21-4)17-9-13/h7-9,11-12H,5-6,10H2,1-4H3,(H,18,19). The molecule has 0 aliphatic carbocycles. The first-order valence-electron chi connectivity index (χ1n) is 7.39. The van der Waals surface area contributed by atoms with Crippen LogP contribution in [0.5, 0.6) is 5.88 Å². The second-order valence-electron chi connectivity index (χ2n) is 5.61. The van der Waals surface area contributed by atoms with Crippen LogP contribution in [-0.2, 0) is 9.53 Å². The number of nitrogens with zero attached hydrogens (tertiary/aromatic N) is 1. The summed E-state index contributed by atoms with van der Waals surface area (Å²) in [4.78, 5) is 27.4. The van der Waals surface area contributed by atoms with Crippen molar-refractivity contribution >= 4 is 11.9 Å². The lowest BCUT2D eigenvalue weighted by molar-refractivity contribution is -0.124. The van der Waals surface area contributed by atoms with Gasteiger partial charge in [-0.3, -0.25) is 4.79 Å². The fourth-order valence-corrected chi connectivity index (χ4v) is 1.81. The predicted molar refractivity (Wildman–Crippen MR) is 82.7 cm³/mol. The SMILES string of the molecule is COc1ccc(C(=O)OCC(=O)NC(C)CCC(C)C)cn1. The number of ether oxygens (including phenoxy) is 2. The number of carbonyl (C=O) groups is 2. The molecule has 1 heterocycles. The molecule has 6 nitrogen and oxygen atoms in total. The number of esters is 1. The van der Waals surface area contributed by atoms with Crippen LogP contribution in [0.3, 0.4) is 0 Å². The van der Waals surface area contributed by atoms with Crippen LogP contribution >= 0.6 is 0 Å². The van der Waals surface area contributed by atoms with Gasteiger partial charge in [-0.05, 0) is 31.7 Å². The molecule has 1 N–H and O–H groups in total. The van der Waals surface area contributed by atoms with Crippen molar-refractivity contribution in [3.63, 3.8) is 0 Å². The normalized spacial score (nSPS) is 11.9. The van der Waals surface area contributed by atoms with Crippen molar-refractivity contribution in [2.45, 2.75) is 39.7 Å². The molecule has 1 atom stereocenters. The van der Waals surface area contributed by atoms with Crippen molar-refractivity contribution in [3.8, 4) is 5.88 Å². The van der Waals surface area contributed by atoms with Gasteiger partial charge in [-0.2, -0.15) is 0 Å². The van der Waals surface area contributed by atoms with Crippen LogP contribution in [0.25, 0.3) is 0 Å². The summed E-state index contributed by atoms with van der Waals surface area (Å²) in [7, 11) is 1.49. The molecule has 0 fully saturated rings. The van der Waals surface area contributed by atoms with Gasteiger partial charge < -0.3 is 14.8 Å². The topological polar surface area (TPSA) is 77.5 Å². The third-order valence-electron chi connectivity index (χ3n) is 3.10. The molecule has 0 saturated heterocycles. The lowest BCUT2D eigenvalue weighted by Gasteiger charge is -2.15. The van der Waals surface area contributed by atoms with Gasteiger partial charge in [0.2, 0.25) is 5.88 Å². The van der Waals surface area contributed by atoms with E-state index >= 15 is 0 Å². The van der Waals surface area contributed by atoms with E-state index in [-0.39, 0.29) is 24.1 Å². The van der Waals surface area contributed by atoms with Gasteiger partial charge in [-0.25, -0.2) is 9.78 Å². The Bertz CT molecular complexity index is 485. The zero-order valence-electron chi connectivity index (χ0n) is 13.6. The molecule has 6 heteroatoms. The van der Waals surface area contributed by atoms with Crippen molar-refractivity contribution in [2.75, 3.05) is 13.7 Å². The van der Waals surface area contributed by atoms with Gasteiger partial charge in [0.25, 0.3) is 5.91 Å². The molecule has 1 rings (SSSR count). The molecule has 0 bridgehead atoms. The monoisotopic (exact) mass is 308 g/mol. The van der Waals surface area contributed by atoms with Crippen LogP contribution < -0.4 is 10.1 Å². The van der Waals surface area contributed by atoms with E-state index in [1.54, 1.807) is 6.07 Å². The van der Waals surface area contributed by atoms with Crippen LogP contribution in [0, 0.1) is 5.92 Å². The fraction of sp³-hybridized carbons (Fsp3) is 0.562. The molecule has 1 amide bonds. The molecule has 0 radical (unpaired) electrons. The van der Waals surface area contributed by atoms with E-state index in [0.717, 1.165) is 12.8 Å². The highest BCUT2D eigenvalue weighted by molar-refractivity contribution is 5.91. The summed E-state index contributed by atoms with van der Waals surface area (Å²) in [6, 6.07) is 3.17. The Balaban J connectivity index is 2.34. The number of aromatic nitrogens is 1. The van der Waals surface area contributed by atoms with Gasteiger partial charge in [-0.1, -0.05) is 13.8 Å².